The molecule has 0 aliphatic heterocycles. The van der Waals surface area contributed by atoms with Gasteiger partial charge in [-0.05, 0) is 29.8 Å². The van der Waals surface area contributed by atoms with Crippen molar-refractivity contribution in [3.63, 3.8) is 0 Å². The van der Waals surface area contributed by atoms with Crippen LogP contribution in [0.3, 0.4) is 0 Å². The summed E-state index contributed by atoms with van der Waals surface area (Å²) in [5.74, 6) is 1.12. The lowest BCUT2D eigenvalue weighted by molar-refractivity contribution is -0.120. The zero-order valence-corrected chi connectivity index (χ0v) is 18.1. The van der Waals surface area contributed by atoms with E-state index in [9.17, 15) is 4.79 Å². The summed E-state index contributed by atoms with van der Waals surface area (Å²) in [5.41, 5.74) is 3.60. The molecular weight excluding hydrogens is 402 g/mol. The Kier molecular flexibility index (Phi) is 6.51. The zero-order chi connectivity index (χ0) is 22.3. The number of hydrogen-bond acceptors (Lipinski definition) is 4. The molecule has 0 spiro atoms. The van der Waals surface area contributed by atoms with Crippen molar-refractivity contribution in [1.82, 2.24) is 9.78 Å². The van der Waals surface area contributed by atoms with Crippen LogP contribution in [0.2, 0.25) is 0 Å². The van der Waals surface area contributed by atoms with Crippen LogP contribution < -0.4 is 14.4 Å². The van der Waals surface area contributed by atoms with Gasteiger partial charge in [-0.1, -0.05) is 60.7 Å². The molecule has 0 aliphatic carbocycles. The number of rotatable bonds is 8. The summed E-state index contributed by atoms with van der Waals surface area (Å²) >= 11 is 0. The molecule has 0 saturated heterocycles. The van der Waals surface area contributed by atoms with Gasteiger partial charge < -0.3 is 14.4 Å². The van der Waals surface area contributed by atoms with Gasteiger partial charge in [0.05, 0.1) is 19.3 Å². The molecule has 0 saturated carbocycles. The molecule has 6 nitrogen and oxygen atoms in total. The molecule has 0 fully saturated rings. The first kappa shape index (κ1) is 21.2. The van der Waals surface area contributed by atoms with E-state index in [0.717, 1.165) is 28.3 Å². The topological polar surface area (TPSA) is 56.6 Å². The highest BCUT2D eigenvalue weighted by molar-refractivity contribution is 5.94. The van der Waals surface area contributed by atoms with Crippen LogP contribution in [0.25, 0.3) is 11.3 Å². The maximum atomic E-state index is 13.2. The van der Waals surface area contributed by atoms with Crippen LogP contribution in [0, 0.1) is 0 Å². The Morgan fingerprint density at radius 1 is 0.938 bits per heavy atom. The van der Waals surface area contributed by atoms with E-state index in [1.807, 2.05) is 91.0 Å². The third-order valence-electron chi connectivity index (χ3n) is 5.12. The minimum Gasteiger partial charge on any atom is -0.497 e. The summed E-state index contributed by atoms with van der Waals surface area (Å²) in [6.45, 7) is 0.336. The highest BCUT2D eigenvalue weighted by Crippen LogP contribution is 2.24. The van der Waals surface area contributed by atoms with Crippen molar-refractivity contribution in [2.75, 3.05) is 18.6 Å². The number of amides is 1. The Morgan fingerprint density at radius 2 is 1.59 bits per heavy atom. The summed E-state index contributed by atoms with van der Waals surface area (Å²) in [6, 6.07) is 29.0. The van der Waals surface area contributed by atoms with E-state index in [4.69, 9.17) is 9.47 Å². The van der Waals surface area contributed by atoms with Crippen LogP contribution in [0.4, 0.5) is 5.69 Å². The Hall–Kier alpha value is -4.06. The molecule has 162 valence electrons. The molecule has 0 bridgehead atoms. The van der Waals surface area contributed by atoms with Gasteiger partial charge >= 0.3 is 0 Å². The molecule has 0 unspecified atom stereocenters. The molecule has 32 heavy (non-hydrogen) atoms. The van der Waals surface area contributed by atoms with Crippen molar-refractivity contribution in [2.45, 2.75) is 6.54 Å². The van der Waals surface area contributed by atoms with Crippen LogP contribution in [0.15, 0.2) is 91.0 Å². The highest BCUT2D eigenvalue weighted by atomic mass is 16.5. The summed E-state index contributed by atoms with van der Waals surface area (Å²) in [4.78, 5) is 14.9. The Morgan fingerprint density at radius 3 is 2.25 bits per heavy atom. The number of aryl methyl sites for hydroxylation is 1. The fraction of sp³-hybridized carbons (Fsp3) is 0.154. The quantitative estimate of drug-likeness (QED) is 0.409. The average Bonchev–Trinajstić information content (AvgIpc) is 3.23. The third-order valence-corrected chi connectivity index (χ3v) is 5.12. The molecule has 0 atom stereocenters. The molecule has 3 aromatic carbocycles. The Labute approximate surface area is 187 Å². The summed E-state index contributed by atoms with van der Waals surface area (Å²) in [6.07, 6.45) is 0. The number of carbonyl (C=O) groups excluding carboxylic acids is 1. The van der Waals surface area contributed by atoms with Crippen molar-refractivity contribution in [3.8, 4) is 22.9 Å². The fourth-order valence-electron chi connectivity index (χ4n) is 3.40. The van der Waals surface area contributed by atoms with Crippen LogP contribution in [-0.4, -0.2) is 29.4 Å². The summed E-state index contributed by atoms with van der Waals surface area (Å²) in [5, 5.41) is 4.50. The van der Waals surface area contributed by atoms with Crippen molar-refractivity contribution in [3.05, 3.63) is 96.6 Å². The van der Waals surface area contributed by atoms with Crippen LogP contribution >= 0.6 is 0 Å². The second-order valence-corrected chi connectivity index (χ2v) is 7.31. The fourth-order valence-corrected chi connectivity index (χ4v) is 3.40. The number of anilines is 1. The van der Waals surface area contributed by atoms with E-state index in [2.05, 4.69) is 5.10 Å². The largest absolute Gasteiger partial charge is 0.497 e. The molecule has 0 radical (unpaired) electrons. The first-order chi connectivity index (χ1) is 15.6. The molecular formula is C26H25N3O3. The van der Waals surface area contributed by atoms with Gasteiger partial charge in [-0.25, -0.2) is 4.68 Å². The van der Waals surface area contributed by atoms with Gasteiger partial charge in [-0.3, -0.25) is 4.79 Å². The number of aromatic nitrogens is 2. The monoisotopic (exact) mass is 427 g/mol. The maximum absolute atomic E-state index is 13.2. The molecule has 4 rings (SSSR count). The van der Waals surface area contributed by atoms with E-state index in [0.29, 0.717) is 12.4 Å². The smallest absolute Gasteiger partial charge is 0.265 e. The van der Waals surface area contributed by atoms with E-state index >= 15 is 0 Å². The van der Waals surface area contributed by atoms with Gasteiger partial charge in [-0.15, -0.1) is 0 Å². The molecule has 0 aliphatic rings. The van der Waals surface area contributed by atoms with Gasteiger partial charge in [0.1, 0.15) is 5.75 Å². The first-order valence-electron chi connectivity index (χ1n) is 10.3. The molecule has 1 heterocycles. The normalized spacial score (nSPS) is 10.6. The Balaban J connectivity index is 1.51. The maximum Gasteiger partial charge on any atom is 0.265 e. The second kappa shape index (κ2) is 9.83. The van der Waals surface area contributed by atoms with E-state index < -0.39 is 0 Å². The van der Waals surface area contributed by atoms with Gasteiger partial charge in [-0.2, -0.15) is 5.10 Å². The number of nitrogens with zero attached hydrogens (tertiary/aromatic N) is 3. The lowest BCUT2D eigenvalue weighted by atomic mass is 10.2. The number of hydrogen-bond donors (Lipinski definition) is 0. The molecule has 0 N–H and O–H groups in total. The van der Waals surface area contributed by atoms with Crippen molar-refractivity contribution in [1.29, 1.82) is 0 Å². The lowest BCUT2D eigenvalue weighted by Crippen LogP contribution is -2.34. The number of carbonyl (C=O) groups is 1. The molecule has 1 amide bonds. The minimum absolute atomic E-state index is 0.105. The number of methoxy groups -OCH3 is 1. The molecule has 6 heteroatoms. The summed E-state index contributed by atoms with van der Waals surface area (Å²) < 4.78 is 12.8. The standard InChI is InChI=1S/C26H25N3O3/c1-28-26(17-24(27-28)21-11-7-4-8-12-21)32-19-25(30)29(18-20-9-5-3-6-10-20)22-13-15-23(31-2)16-14-22/h3-17H,18-19H2,1-2H3. The first-order valence-corrected chi connectivity index (χ1v) is 10.3. The third kappa shape index (κ3) is 4.98. The van der Waals surface area contributed by atoms with Crippen molar-refractivity contribution >= 4 is 11.6 Å². The van der Waals surface area contributed by atoms with Crippen molar-refractivity contribution < 1.29 is 14.3 Å². The Bertz CT molecular complexity index is 1160. The van der Waals surface area contributed by atoms with Crippen LogP contribution in [-0.2, 0) is 18.4 Å². The molecule has 4 aromatic rings. The second-order valence-electron chi connectivity index (χ2n) is 7.31. The predicted molar refractivity (Wildman–Crippen MR) is 125 cm³/mol. The van der Waals surface area contributed by atoms with Crippen LogP contribution in [0.1, 0.15) is 5.56 Å². The minimum atomic E-state index is -0.151. The summed E-state index contributed by atoms with van der Waals surface area (Å²) in [7, 11) is 3.42. The number of benzene rings is 3. The van der Waals surface area contributed by atoms with Gasteiger partial charge in [0.15, 0.2) is 6.61 Å². The van der Waals surface area contributed by atoms with Gasteiger partial charge in [0.25, 0.3) is 5.91 Å². The van der Waals surface area contributed by atoms with Gasteiger partial charge in [0, 0.05) is 24.4 Å². The van der Waals surface area contributed by atoms with E-state index in [1.54, 1.807) is 23.7 Å². The zero-order valence-electron chi connectivity index (χ0n) is 18.1. The predicted octanol–water partition coefficient (Wildman–Crippen LogP) is 4.71. The highest BCUT2D eigenvalue weighted by Gasteiger charge is 2.18. The average molecular weight is 428 g/mol. The van der Waals surface area contributed by atoms with E-state index in [-0.39, 0.29) is 12.5 Å². The van der Waals surface area contributed by atoms with E-state index in [1.165, 1.54) is 0 Å². The van der Waals surface area contributed by atoms with Crippen LogP contribution in [0.5, 0.6) is 11.6 Å². The SMILES string of the molecule is COc1ccc(N(Cc2ccccc2)C(=O)COc2cc(-c3ccccc3)nn2C)cc1. The van der Waals surface area contributed by atoms with Gasteiger partial charge in [0.2, 0.25) is 5.88 Å². The molecule has 1 aromatic heterocycles. The number of ether oxygens (including phenoxy) is 2. The van der Waals surface area contributed by atoms with Crippen molar-refractivity contribution in [2.24, 2.45) is 7.05 Å². The lowest BCUT2D eigenvalue weighted by Gasteiger charge is -2.23.